The van der Waals surface area contributed by atoms with Gasteiger partial charge in [0, 0.05) is 24.2 Å². The fourth-order valence-electron chi connectivity index (χ4n) is 6.15. The van der Waals surface area contributed by atoms with Crippen LogP contribution in [0, 0.1) is 5.92 Å². The molecule has 0 unspecified atom stereocenters. The maximum atomic E-state index is 13.8. The largest absolute Gasteiger partial charge is 0.398 e. The van der Waals surface area contributed by atoms with Crippen LogP contribution < -0.4 is 43.4 Å². The standard InChI is InChI=1S/C35H51N9O10/c1-17(2)14-23-33(52)42-24(15-27(37)47)32(51)39-18(3)30(49)41-22(11-12-26(46)20-8-5-6-9-21(20)36)31(50)43-29(19(4)45)35(54)44-13-7-10-25(44)34(53)38-16-28(48)40-23/h5-6,8-9,17-19,22-25,29,45H,7,10-16,36H2,1-4H3,(H2,37,47)(H,38,53)(H,39,51)(H,40,48)(H,41,49)(H,42,52)(H,43,50)/t18-,19+,22-,23-,24-,25-,29-/m0/s1. The van der Waals surface area contributed by atoms with Crippen molar-refractivity contribution in [2.75, 3.05) is 18.8 Å². The topological polar surface area (TPSA) is 301 Å². The number of anilines is 1. The molecule has 0 spiro atoms. The Bertz CT molecular complexity index is 1620. The number of nitrogens with zero attached hydrogens (tertiary/aromatic N) is 1. The number of carbonyl (C=O) groups excluding carboxylic acids is 9. The zero-order valence-corrected chi connectivity index (χ0v) is 30.8. The number of rotatable bonds is 9. The molecule has 0 bridgehead atoms. The van der Waals surface area contributed by atoms with Crippen molar-refractivity contribution in [3.05, 3.63) is 29.8 Å². The summed E-state index contributed by atoms with van der Waals surface area (Å²) in [7, 11) is 0. The van der Waals surface area contributed by atoms with Crippen LogP contribution in [0.4, 0.5) is 5.69 Å². The van der Waals surface area contributed by atoms with Gasteiger partial charge in [0.05, 0.1) is 19.1 Å². The van der Waals surface area contributed by atoms with Gasteiger partial charge in [-0.05, 0) is 57.6 Å². The summed E-state index contributed by atoms with van der Waals surface area (Å²) in [6.45, 7) is 5.58. The molecule has 19 nitrogen and oxygen atoms in total. The zero-order valence-electron chi connectivity index (χ0n) is 30.8. The number of hydrogen-bond acceptors (Lipinski definition) is 11. The Morgan fingerprint density at radius 3 is 2.11 bits per heavy atom. The third kappa shape index (κ3) is 12.0. The first-order valence-electron chi connectivity index (χ1n) is 17.8. The number of para-hydroxylation sites is 1. The molecular weight excluding hydrogens is 706 g/mol. The molecule has 0 aliphatic carbocycles. The maximum absolute atomic E-state index is 13.8. The van der Waals surface area contributed by atoms with Crippen LogP contribution in [-0.2, 0) is 38.4 Å². The number of primary amides is 1. The van der Waals surface area contributed by atoms with Gasteiger partial charge < -0.3 is 53.4 Å². The Balaban J connectivity index is 2.00. The van der Waals surface area contributed by atoms with Crippen molar-refractivity contribution in [1.82, 2.24) is 36.8 Å². The minimum atomic E-state index is -1.59. The maximum Gasteiger partial charge on any atom is 0.248 e. The number of aliphatic hydroxyl groups excluding tert-OH is 1. The number of Topliss-reactive ketones (excluding diaryl/α,β-unsaturated/α-hetero) is 1. The van der Waals surface area contributed by atoms with Crippen LogP contribution in [-0.4, -0.2) is 118 Å². The van der Waals surface area contributed by atoms with E-state index in [0.717, 1.165) is 0 Å². The highest BCUT2D eigenvalue weighted by Crippen LogP contribution is 2.20. The van der Waals surface area contributed by atoms with Gasteiger partial charge in [0.15, 0.2) is 5.78 Å². The molecule has 1 aromatic rings. The zero-order chi connectivity index (χ0) is 40.3. The van der Waals surface area contributed by atoms with Crippen LogP contribution in [0.15, 0.2) is 24.3 Å². The van der Waals surface area contributed by atoms with Crippen LogP contribution >= 0.6 is 0 Å². The van der Waals surface area contributed by atoms with Gasteiger partial charge in [-0.3, -0.25) is 43.2 Å². The van der Waals surface area contributed by atoms with Crippen molar-refractivity contribution in [1.29, 1.82) is 0 Å². The highest BCUT2D eigenvalue weighted by atomic mass is 16.3. The second-order valence-corrected chi connectivity index (χ2v) is 14.0. The smallest absolute Gasteiger partial charge is 0.248 e. The van der Waals surface area contributed by atoms with Gasteiger partial charge in [-0.15, -0.1) is 0 Å². The highest BCUT2D eigenvalue weighted by molar-refractivity contribution is 6.02. The molecule has 8 amide bonds. The number of ketones is 1. The summed E-state index contributed by atoms with van der Waals surface area (Å²) in [5.41, 5.74) is 11.7. The molecule has 0 aromatic heterocycles. The van der Waals surface area contributed by atoms with E-state index in [1.54, 1.807) is 26.0 Å². The van der Waals surface area contributed by atoms with Gasteiger partial charge in [0.25, 0.3) is 0 Å². The molecule has 2 heterocycles. The minimum absolute atomic E-state index is 0.0929. The summed E-state index contributed by atoms with van der Waals surface area (Å²) in [6, 6.07) is -2.10. The Kier molecular flexibility index (Phi) is 15.4. The van der Waals surface area contributed by atoms with Gasteiger partial charge in [-0.1, -0.05) is 26.0 Å². The monoisotopic (exact) mass is 757 g/mol. The quantitative estimate of drug-likeness (QED) is 0.0909. The van der Waals surface area contributed by atoms with Crippen LogP contribution in [0.5, 0.6) is 0 Å². The second kappa shape index (κ2) is 19.5. The number of nitrogen functional groups attached to an aromatic ring is 1. The summed E-state index contributed by atoms with van der Waals surface area (Å²) in [4.78, 5) is 120. The summed E-state index contributed by atoms with van der Waals surface area (Å²) in [5, 5.41) is 25.3. The average Bonchev–Trinajstić information content (AvgIpc) is 3.59. The summed E-state index contributed by atoms with van der Waals surface area (Å²) >= 11 is 0. The molecular formula is C35H51N9O10. The van der Waals surface area contributed by atoms with E-state index in [4.69, 9.17) is 11.5 Å². The summed E-state index contributed by atoms with van der Waals surface area (Å²) < 4.78 is 0. The Hall–Kier alpha value is -5.59. The number of amides is 8. The molecule has 2 aliphatic rings. The third-order valence-electron chi connectivity index (χ3n) is 9.01. The number of aliphatic hydroxyl groups is 1. The van der Waals surface area contributed by atoms with Gasteiger partial charge in [-0.25, -0.2) is 0 Å². The van der Waals surface area contributed by atoms with Gasteiger partial charge >= 0.3 is 0 Å². The second-order valence-electron chi connectivity index (χ2n) is 14.0. The lowest BCUT2D eigenvalue weighted by atomic mass is 10.0. The minimum Gasteiger partial charge on any atom is -0.398 e. The highest BCUT2D eigenvalue weighted by Gasteiger charge is 2.40. The molecule has 0 radical (unpaired) electrons. The van der Waals surface area contributed by atoms with E-state index in [1.807, 2.05) is 0 Å². The number of hydrogen-bond donors (Lipinski definition) is 9. The normalized spacial score (nSPS) is 25.9. The molecule has 3 rings (SSSR count). The number of fused-ring (bicyclic) bond motifs is 1. The molecule has 54 heavy (non-hydrogen) atoms. The first-order chi connectivity index (χ1) is 25.4. The number of nitrogens with two attached hydrogens (primary N) is 2. The Morgan fingerprint density at radius 2 is 1.48 bits per heavy atom. The van der Waals surface area contributed by atoms with Gasteiger partial charge in [0.1, 0.15) is 36.3 Å². The number of nitrogens with one attached hydrogen (secondary N) is 6. The molecule has 296 valence electrons. The van der Waals surface area contributed by atoms with Crippen LogP contribution in [0.1, 0.15) is 76.6 Å². The van der Waals surface area contributed by atoms with E-state index in [2.05, 4.69) is 31.9 Å². The lowest BCUT2D eigenvalue weighted by molar-refractivity contribution is -0.144. The predicted molar refractivity (Wildman–Crippen MR) is 192 cm³/mol. The fourth-order valence-corrected chi connectivity index (χ4v) is 6.15. The Labute approximate surface area is 312 Å². The first kappa shape index (κ1) is 42.8. The van der Waals surface area contributed by atoms with Crippen molar-refractivity contribution >= 4 is 58.7 Å². The SMILES string of the molecule is CC(C)C[C@@H]1NC(=O)CNC(=O)[C@@H]2CCCN2C(=O)[C@H]([C@@H](C)O)NC(=O)[C@H](CCC(=O)c2ccccc2N)NC(=O)[C@H](C)NC(=O)[C@H](CC(N)=O)NC1=O. The van der Waals surface area contributed by atoms with Crippen molar-refractivity contribution in [2.45, 2.75) is 109 Å². The summed E-state index contributed by atoms with van der Waals surface area (Å²) in [6.07, 6.45) is -2.06. The molecule has 2 aliphatic heterocycles. The van der Waals surface area contributed by atoms with E-state index in [1.165, 1.54) is 30.9 Å². The van der Waals surface area contributed by atoms with Crippen molar-refractivity contribution in [3.63, 3.8) is 0 Å². The first-order valence-corrected chi connectivity index (χ1v) is 17.8. The van der Waals surface area contributed by atoms with Gasteiger partial charge in [0.2, 0.25) is 47.3 Å². The third-order valence-corrected chi connectivity index (χ3v) is 9.01. The molecule has 1 aromatic carbocycles. The van der Waals surface area contributed by atoms with Crippen molar-refractivity contribution < 1.29 is 48.3 Å². The van der Waals surface area contributed by atoms with E-state index in [-0.39, 0.29) is 49.4 Å². The number of carbonyl (C=O) groups is 9. The molecule has 2 fully saturated rings. The lowest BCUT2D eigenvalue weighted by Crippen LogP contribution is -2.61. The molecule has 0 saturated carbocycles. The predicted octanol–water partition coefficient (Wildman–Crippen LogP) is -2.90. The molecule has 11 N–H and O–H groups in total. The number of benzene rings is 1. The Morgan fingerprint density at radius 1 is 0.852 bits per heavy atom. The van der Waals surface area contributed by atoms with Crippen molar-refractivity contribution in [3.8, 4) is 0 Å². The van der Waals surface area contributed by atoms with Crippen molar-refractivity contribution in [2.24, 2.45) is 11.7 Å². The van der Waals surface area contributed by atoms with Crippen LogP contribution in [0.3, 0.4) is 0 Å². The molecule has 7 atom stereocenters. The van der Waals surface area contributed by atoms with E-state index >= 15 is 0 Å². The summed E-state index contributed by atoms with van der Waals surface area (Å²) in [5.74, 6) is -7.55. The fraction of sp³-hybridized carbons (Fsp3) is 0.571. The van der Waals surface area contributed by atoms with E-state index in [0.29, 0.717) is 6.42 Å². The molecule has 19 heteroatoms. The lowest BCUT2D eigenvalue weighted by Gasteiger charge is -2.31. The van der Waals surface area contributed by atoms with Crippen LogP contribution in [0.2, 0.25) is 0 Å². The van der Waals surface area contributed by atoms with Gasteiger partial charge in [-0.2, -0.15) is 0 Å². The van der Waals surface area contributed by atoms with Crippen LogP contribution in [0.25, 0.3) is 0 Å². The average molecular weight is 758 g/mol. The van der Waals surface area contributed by atoms with E-state index < -0.39 is 108 Å². The van der Waals surface area contributed by atoms with E-state index in [9.17, 15) is 48.3 Å². The molecule has 2 saturated heterocycles.